The van der Waals surface area contributed by atoms with E-state index in [1.165, 1.54) is 40.0 Å². The monoisotopic (exact) mass is 362 g/mol. The number of nitrogens with zero attached hydrogens (tertiary/aromatic N) is 2. The third-order valence-corrected chi connectivity index (χ3v) is 4.59. The fraction of sp³-hybridized carbons (Fsp3) is 0.286. The molecule has 0 N–H and O–H groups in total. The normalized spacial score (nSPS) is 12.4. The van der Waals surface area contributed by atoms with Crippen molar-refractivity contribution in [2.45, 2.75) is 24.5 Å². The van der Waals surface area contributed by atoms with Gasteiger partial charge in [-0.15, -0.1) is 15.6 Å². The average molecular weight is 362 g/mol. The first-order valence-corrected chi connectivity index (χ1v) is 8.32. The van der Waals surface area contributed by atoms with Crippen LogP contribution >= 0.6 is 24.1 Å². The molecule has 1 aromatic carbocycles. The molecule has 4 nitrogen and oxygen atoms in total. The maximum absolute atomic E-state index is 13.3. The van der Waals surface area contributed by atoms with Crippen molar-refractivity contribution in [1.29, 1.82) is 0 Å². The van der Waals surface area contributed by atoms with Crippen molar-refractivity contribution < 1.29 is 22.2 Å². The molecule has 0 spiro atoms. The molecule has 124 valence electrons. The number of carbonyl (C=O) groups is 1. The van der Waals surface area contributed by atoms with Gasteiger partial charge >= 0.3 is 0 Å². The summed E-state index contributed by atoms with van der Waals surface area (Å²) in [6, 6.07) is 5.29. The summed E-state index contributed by atoms with van der Waals surface area (Å²) >= 11 is 1.27. The summed E-state index contributed by atoms with van der Waals surface area (Å²) in [6.07, 6.45) is -1.79. The summed E-state index contributed by atoms with van der Waals surface area (Å²) in [5.41, 5.74) is 0.848. The number of ether oxygens (including phenoxy) is 1. The molecule has 1 unspecified atom stereocenters. The fourth-order valence-electron chi connectivity index (χ4n) is 2.09. The Morgan fingerprint density at radius 1 is 1.26 bits per heavy atom. The summed E-state index contributed by atoms with van der Waals surface area (Å²) in [5, 5.41) is 0.592. The third kappa shape index (κ3) is 3.66. The number of hydrogen-bond acceptors (Lipinski definition) is 5. The summed E-state index contributed by atoms with van der Waals surface area (Å²) in [6.45, 7) is 1.91. The zero-order chi connectivity index (χ0) is 17.0. The Kier molecular flexibility index (Phi) is 6.00. The van der Waals surface area contributed by atoms with Crippen molar-refractivity contribution >= 4 is 30.6 Å². The van der Waals surface area contributed by atoms with E-state index in [0.29, 0.717) is 16.3 Å². The Morgan fingerprint density at radius 3 is 2.35 bits per heavy atom. The highest BCUT2D eigenvalue weighted by atomic mass is 32.2. The van der Waals surface area contributed by atoms with Gasteiger partial charge in [0, 0.05) is 11.1 Å². The molecule has 0 aliphatic heterocycles. The summed E-state index contributed by atoms with van der Waals surface area (Å²) < 4.78 is 44.8. The molecule has 0 bridgehead atoms. The van der Waals surface area contributed by atoms with Crippen LogP contribution < -0.4 is 0 Å². The second-order valence-electron chi connectivity index (χ2n) is 4.51. The quantitative estimate of drug-likeness (QED) is 0.536. The van der Waals surface area contributed by atoms with E-state index in [0.717, 1.165) is 0 Å². The number of alkyl halides is 2. The van der Waals surface area contributed by atoms with Crippen LogP contribution in [0.25, 0.3) is 0 Å². The topological polar surface area (TPSA) is 44.1 Å². The van der Waals surface area contributed by atoms with Crippen LogP contribution in [0.4, 0.5) is 12.7 Å². The van der Waals surface area contributed by atoms with Crippen LogP contribution in [0.1, 0.15) is 35.2 Å². The Hall–Kier alpha value is -1.61. The number of thioether (sulfide) groups is 1. The number of imidazole rings is 1. The van der Waals surface area contributed by atoms with Crippen molar-refractivity contribution in [1.82, 2.24) is 8.96 Å². The van der Waals surface area contributed by atoms with Gasteiger partial charge in [0.05, 0.1) is 5.69 Å². The van der Waals surface area contributed by atoms with Crippen LogP contribution in [-0.4, -0.2) is 21.7 Å². The van der Waals surface area contributed by atoms with Gasteiger partial charge in [-0.05, 0) is 13.2 Å². The lowest BCUT2D eigenvalue weighted by atomic mass is 10.1. The SMILES string of the molecule is CSc1nc(C(OC=O)c2ccc(C(F)F)cc2)n(SF)c1C. The number of carbonyl (C=O) groups excluding carboxylic acids is 1. The Balaban J connectivity index is 2.48. The predicted molar refractivity (Wildman–Crippen MR) is 83.2 cm³/mol. The van der Waals surface area contributed by atoms with Crippen molar-refractivity contribution in [3.63, 3.8) is 0 Å². The van der Waals surface area contributed by atoms with Crippen molar-refractivity contribution in [2.75, 3.05) is 6.26 Å². The maximum Gasteiger partial charge on any atom is 0.294 e. The van der Waals surface area contributed by atoms with Gasteiger partial charge in [0.15, 0.2) is 24.3 Å². The number of aromatic nitrogens is 2. The van der Waals surface area contributed by atoms with Crippen LogP contribution in [0.2, 0.25) is 0 Å². The van der Waals surface area contributed by atoms with E-state index in [4.69, 9.17) is 4.74 Å². The van der Waals surface area contributed by atoms with E-state index >= 15 is 0 Å². The molecular weight excluding hydrogens is 349 g/mol. The molecule has 0 radical (unpaired) electrons. The average Bonchev–Trinajstić information content (AvgIpc) is 2.88. The first-order chi connectivity index (χ1) is 11.0. The van der Waals surface area contributed by atoms with Gasteiger partial charge < -0.3 is 4.74 Å². The number of hydrogen-bond donors (Lipinski definition) is 0. The van der Waals surface area contributed by atoms with E-state index in [-0.39, 0.29) is 30.2 Å². The molecule has 1 heterocycles. The Bertz CT molecular complexity index is 677. The van der Waals surface area contributed by atoms with Crippen molar-refractivity contribution in [2.24, 2.45) is 0 Å². The lowest BCUT2D eigenvalue weighted by Crippen LogP contribution is -2.10. The Labute approximate surface area is 139 Å². The Morgan fingerprint density at radius 2 is 1.87 bits per heavy atom. The lowest BCUT2D eigenvalue weighted by molar-refractivity contribution is -0.132. The molecule has 2 rings (SSSR count). The molecule has 0 aliphatic carbocycles. The van der Waals surface area contributed by atoms with Gasteiger partial charge in [-0.2, -0.15) is 0 Å². The van der Waals surface area contributed by atoms with Crippen LogP contribution in [0.15, 0.2) is 29.3 Å². The predicted octanol–water partition coefficient (Wildman–Crippen LogP) is 4.49. The molecule has 9 heteroatoms. The van der Waals surface area contributed by atoms with E-state index in [1.54, 1.807) is 13.2 Å². The molecular formula is C14H13F3N2O2S2. The molecule has 1 aromatic heterocycles. The highest BCUT2D eigenvalue weighted by Crippen LogP contribution is 2.33. The van der Waals surface area contributed by atoms with E-state index in [9.17, 15) is 17.5 Å². The van der Waals surface area contributed by atoms with Gasteiger partial charge in [0.2, 0.25) is 0 Å². The largest absolute Gasteiger partial charge is 0.451 e. The maximum atomic E-state index is 13.3. The molecule has 0 saturated carbocycles. The van der Waals surface area contributed by atoms with Gasteiger partial charge in [0.1, 0.15) is 5.03 Å². The van der Waals surface area contributed by atoms with Crippen LogP contribution in [0.5, 0.6) is 0 Å². The molecule has 0 fully saturated rings. The molecule has 2 aromatic rings. The molecule has 1 atom stereocenters. The van der Waals surface area contributed by atoms with E-state index in [1.807, 2.05) is 0 Å². The van der Waals surface area contributed by atoms with E-state index < -0.39 is 12.5 Å². The highest BCUT2D eigenvalue weighted by Gasteiger charge is 2.26. The van der Waals surface area contributed by atoms with Crippen molar-refractivity contribution in [3.05, 3.63) is 46.9 Å². The molecule has 0 saturated heterocycles. The van der Waals surface area contributed by atoms with Gasteiger partial charge in [-0.1, -0.05) is 24.3 Å². The van der Waals surface area contributed by atoms with Gasteiger partial charge in [-0.25, -0.2) is 17.7 Å². The van der Waals surface area contributed by atoms with Crippen molar-refractivity contribution in [3.8, 4) is 0 Å². The zero-order valence-corrected chi connectivity index (χ0v) is 13.8. The standard InChI is InChI=1S/C14H13F3N2O2S2/c1-8-14(22-2)18-13(19(8)23-17)11(21-7-20)9-3-5-10(6-4-9)12(15)16/h3-7,11-12H,1-2H3. The summed E-state index contributed by atoms with van der Waals surface area (Å²) in [7, 11) is 0. The summed E-state index contributed by atoms with van der Waals surface area (Å²) in [4.78, 5) is 15.1. The van der Waals surface area contributed by atoms with E-state index in [2.05, 4.69) is 4.98 Å². The fourth-order valence-corrected chi connectivity index (χ4v) is 3.12. The summed E-state index contributed by atoms with van der Waals surface area (Å²) in [5.74, 6) is 0.177. The number of halogens is 3. The molecule has 23 heavy (non-hydrogen) atoms. The van der Waals surface area contributed by atoms with Gasteiger partial charge in [-0.3, -0.25) is 4.79 Å². The minimum absolute atomic E-state index is 0.0599. The van der Waals surface area contributed by atoms with Crippen LogP contribution in [0.3, 0.4) is 0 Å². The molecule has 0 amide bonds. The number of rotatable bonds is 7. The second kappa shape index (κ2) is 7.78. The first-order valence-electron chi connectivity index (χ1n) is 6.42. The minimum atomic E-state index is -2.59. The molecule has 0 aliphatic rings. The second-order valence-corrected chi connectivity index (χ2v) is 5.81. The van der Waals surface area contributed by atoms with Crippen LogP contribution in [-0.2, 0) is 9.53 Å². The zero-order valence-electron chi connectivity index (χ0n) is 12.2. The van der Waals surface area contributed by atoms with Gasteiger partial charge in [0.25, 0.3) is 12.9 Å². The number of benzene rings is 1. The highest BCUT2D eigenvalue weighted by molar-refractivity contribution is 7.98. The van der Waals surface area contributed by atoms with Crippen LogP contribution in [0, 0.1) is 6.92 Å². The smallest absolute Gasteiger partial charge is 0.294 e. The first kappa shape index (κ1) is 17.7. The lowest BCUT2D eigenvalue weighted by Gasteiger charge is -2.16. The third-order valence-electron chi connectivity index (χ3n) is 3.22. The minimum Gasteiger partial charge on any atom is -0.451 e.